The predicted octanol–water partition coefficient (Wildman–Crippen LogP) is 3.87. The van der Waals surface area contributed by atoms with E-state index in [1.54, 1.807) is 11.3 Å². The van der Waals surface area contributed by atoms with Crippen molar-refractivity contribution >= 4 is 27.1 Å². The van der Waals surface area contributed by atoms with Gasteiger partial charge in [-0.15, -0.1) is 11.3 Å². The minimum Gasteiger partial charge on any atom is -0.399 e. The lowest BCUT2D eigenvalue weighted by Crippen LogP contribution is -2.44. The van der Waals surface area contributed by atoms with Crippen LogP contribution in [0.4, 0.5) is 5.69 Å². The second kappa shape index (κ2) is 6.34. The minimum absolute atomic E-state index is 0.788. The molecule has 124 valence electrons. The van der Waals surface area contributed by atoms with E-state index >= 15 is 0 Å². The molecule has 2 aliphatic rings. The number of anilines is 1. The van der Waals surface area contributed by atoms with Gasteiger partial charge in [0, 0.05) is 38.3 Å². The van der Waals surface area contributed by atoms with Crippen molar-refractivity contribution in [2.45, 2.75) is 19.8 Å². The van der Waals surface area contributed by atoms with Gasteiger partial charge in [0.15, 0.2) is 5.36 Å². The number of hydrogen-bond acceptors (Lipinski definition) is 2. The van der Waals surface area contributed by atoms with Gasteiger partial charge in [-0.25, -0.2) is 0 Å². The molecular formula is C22H21N2S+. The summed E-state index contributed by atoms with van der Waals surface area (Å²) in [5.41, 5.74) is 11.9. The summed E-state index contributed by atoms with van der Waals surface area (Å²) in [5.74, 6) is 0. The third-order valence-corrected chi connectivity index (χ3v) is 5.67. The molecule has 2 aromatic carbocycles. The van der Waals surface area contributed by atoms with Crippen LogP contribution < -0.4 is 16.5 Å². The van der Waals surface area contributed by atoms with Crippen molar-refractivity contribution < 1.29 is 5.41 Å². The summed E-state index contributed by atoms with van der Waals surface area (Å²) in [5, 5.41) is 8.05. The van der Waals surface area contributed by atoms with Crippen LogP contribution >= 0.6 is 11.3 Å². The summed E-state index contributed by atoms with van der Waals surface area (Å²) in [6.45, 7) is 2.21. The highest BCUT2D eigenvalue weighted by molar-refractivity contribution is 7.21. The summed E-state index contributed by atoms with van der Waals surface area (Å²) in [6.07, 6.45) is 2.28. The molecule has 0 amide bonds. The Kier molecular flexibility index (Phi) is 4.02. The van der Waals surface area contributed by atoms with Crippen molar-refractivity contribution in [1.29, 1.82) is 0 Å². The quantitative estimate of drug-likeness (QED) is 0.430. The monoisotopic (exact) mass is 345 g/mol. The topological polar surface area (TPSA) is 51.6 Å². The normalized spacial score (nSPS) is 11.2. The molecule has 0 aromatic heterocycles. The molecule has 0 spiro atoms. The van der Waals surface area contributed by atoms with E-state index in [0.717, 1.165) is 23.9 Å². The third kappa shape index (κ3) is 2.92. The fourth-order valence-electron chi connectivity index (χ4n) is 3.36. The standard InChI is InChI=1S/C22H20N2S/c1-2-3-14-4-6-15(7-5-14)22-18-10-8-16(23)12-20(18)25-21-13-17(24)9-11-19(21)22/h4-13,23H,2-3,24H2,1H3/p+1. The maximum atomic E-state index is 6.02. The highest BCUT2D eigenvalue weighted by atomic mass is 32.1. The lowest BCUT2D eigenvalue weighted by molar-refractivity contribution is -0.172. The maximum Gasteiger partial charge on any atom is 0.198 e. The Morgan fingerprint density at radius 3 is 2.52 bits per heavy atom. The Labute approximate surface area is 151 Å². The van der Waals surface area contributed by atoms with Gasteiger partial charge in [-0.2, -0.15) is 0 Å². The Morgan fingerprint density at radius 2 is 1.76 bits per heavy atom. The van der Waals surface area contributed by atoms with Crippen molar-refractivity contribution in [2.24, 2.45) is 0 Å². The molecule has 0 unspecified atom stereocenters. The molecule has 0 atom stereocenters. The van der Waals surface area contributed by atoms with Gasteiger partial charge in [-0.3, -0.25) is 5.41 Å². The molecule has 0 saturated heterocycles. The van der Waals surface area contributed by atoms with Gasteiger partial charge < -0.3 is 5.73 Å². The van der Waals surface area contributed by atoms with Crippen molar-refractivity contribution in [3.8, 4) is 21.6 Å². The third-order valence-electron chi connectivity index (χ3n) is 4.55. The lowest BCUT2D eigenvalue weighted by Gasteiger charge is -2.15. The largest absolute Gasteiger partial charge is 0.399 e. The molecule has 0 fully saturated rings. The van der Waals surface area contributed by atoms with E-state index < -0.39 is 0 Å². The Hall–Kier alpha value is -2.65. The molecule has 0 saturated carbocycles. The number of nitrogen functional groups attached to an aromatic ring is 1. The van der Waals surface area contributed by atoms with Crippen molar-refractivity contribution in [1.82, 2.24) is 0 Å². The van der Waals surface area contributed by atoms with Crippen molar-refractivity contribution in [3.05, 3.63) is 71.6 Å². The molecule has 2 aromatic rings. The number of benzene rings is 3. The molecular weight excluding hydrogens is 324 g/mol. The van der Waals surface area contributed by atoms with Crippen LogP contribution in [0.1, 0.15) is 18.9 Å². The average Bonchev–Trinajstić information content (AvgIpc) is 2.60. The van der Waals surface area contributed by atoms with Crippen LogP contribution in [0.3, 0.4) is 0 Å². The average molecular weight is 345 g/mol. The van der Waals surface area contributed by atoms with Crippen LogP contribution in [-0.2, 0) is 6.42 Å². The molecule has 3 heteroatoms. The van der Waals surface area contributed by atoms with Gasteiger partial charge in [-0.05, 0) is 41.3 Å². The molecule has 25 heavy (non-hydrogen) atoms. The fraction of sp³-hybridized carbons (Fsp3) is 0.136. The number of rotatable bonds is 3. The van der Waals surface area contributed by atoms with Crippen LogP contribution in [0.15, 0.2) is 60.7 Å². The first-order valence-electron chi connectivity index (χ1n) is 8.59. The van der Waals surface area contributed by atoms with E-state index in [1.165, 1.54) is 37.2 Å². The molecule has 2 nitrogen and oxygen atoms in total. The van der Waals surface area contributed by atoms with E-state index in [-0.39, 0.29) is 0 Å². The summed E-state index contributed by atoms with van der Waals surface area (Å²) in [7, 11) is 0. The van der Waals surface area contributed by atoms with Gasteiger partial charge in [-0.1, -0.05) is 43.7 Å². The van der Waals surface area contributed by atoms with Gasteiger partial charge in [0.1, 0.15) is 0 Å². The van der Waals surface area contributed by atoms with E-state index in [4.69, 9.17) is 11.1 Å². The smallest absolute Gasteiger partial charge is 0.198 e. The molecule has 1 heterocycles. The predicted molar refractivity (Wildman–Crippen MR) is 107 cm³/mol. The first kappa shape index (κ1) is 15.9. The van der Waals surface area contributed by atoms with Crippen LogP contribution in [-0.4, -0.2) is 0 Å². The summed E-state index contributed by atoms with van der Waals surface area (Å²) < 4.78 is 1.19. The molecule has 4 rings (SSSR count). The van der Waals surface area contributed by atoms with Crippen LogP contribution in [0.5, 0.6) is 0 Å². The molecule has 4 N–H and O–H groups in total. The van der Waals surface area contributed by atoms with Crippen LogP contribution in [0, 0.1) is 0 Å². The Morgan fingerprint density at radius 1 is 0.960 bits per heavy atom. The van der Waals surface area contributed by atoms with Gasteiger partial charge in [0.2, 0.25) is 0 Å². The molecule has 0 bridgehead atoms. The Balaban J connectivity index is 2.04. The second-order valence-corrected chi connectivity index (χ2v) is 7.52. The van der Waals surface area contributed by atoms with Gasteiger partial charge in [0.25, 0.3) is 0 Å². The van der Waals surface area contributed by atoms with E-state index in [1.807, 2.05) is 12.1 Å². The summed E-state index contributed by atoms with van der Waals surface area (Å²) in [4.78, 5) is 1.19. The zero-order valence-electron chi connectivity index (χ0n) is 14.3. The zero-order chi connectivity index (χ0) is 17.4. The van der Waals surface area contributed by atoms with E-state index in [2.05, 4.69) is 55.5 Å². The highest BCUT2D eigenvalue weighted by Crippen LogP contribution is 2.43. The van der Waals surface area contributed by atoms with E-state index in [0.29, 0.717) is 0 Å². The molecule has 1 aliphatic heterocycles. The maximum absolute atomic E-state index is 6.02. The van der Waals surface area contributed by atoms with Crippen LogP contribution in [0.2, 0.25) is 0 Å². The first-order chi connectivity index (χ1) is 12.2. The van der Waals surface area contributed by atoms with Crippen LogP contribution in [0.25, 0.3) is 31.7 Å². The summed E-state index contributed by atoms with van der Waals surface area (Å²) in [6, 6.07) is 21.3. The Bertz CT molecular complexity index is 1080. The van der Waals surface area contributed by atoms with Crippen molar-refractivity contribution in [2.75, 3.05) is 5.73 Å². The minimum atomic E-state index is 0.788. The zero-order valence-corrected chi connectivity index (χ0v) is 15.1. The number of nitrogens with two attached hydrogens (primary N) is 2. The van der Waals surface area contributed by atoms with Gasteiger partial charge in [0.05, 0.1) is 0 Å². The number of fused-ring (bicyclic) bond motifs is 2. The highest BCUT2D eigenvalue weighted by Gasteiger charge is 2.16. The number of hydrogen-bond donors (Lipinski definition) is 2. The second-order valence-electron chi connectivity index (χ2n) is 6.44. The first-order valence-corrected chi connectivity index (χ1v) is 9.41. The van der Waals surface area contributed by atoms with Gasteiger partial charge >= 0.3 is 0 Å². The van der Waals surface area contributed by atoms with Crippen molar-refractivity contribution in [3.63, 3.8) is 0 Å². The summed E-state index contributed by atoms with van der Waals surface area (Å²) >= 11 is 1.74. The van der Waals surface area contributed by atoms with E-state index in [9.17, 15) is 0 Å². The SMILES string of the molecule is CCCc1ccc(-c2c3ccc(=[NH2+])cc-3sc3cc(N)ccc23)cc1. The fourth-order valence-corrected chi connectivity index (χ4v) is 4.55. The lowest BCUT2D eigenvalue weighted by atomic mass is 9.94. The molecule has 0 radical (unpaired) electrons. The number of aryl methyl sites for hydroxylation is 1. The molecule has 1 aliphatic carbocycles.